The first-order chi connectivity index (χ1) is 16.4. The highest BCUT2D eigenvalue weighted by atomic mass is 32.2. The maximum atomic E-state index is 13.2. The molecule has 1 fully saturated rings. The van der Waals surface area contributed by atoms with Gasteiger partial charge in [0, 0.05) is 44.0 Å². The van der Waals surface area contributed by atoms with E-state index in [2.05, 4.69) is 31.3 Å². The molecule has 0 saturated carbocycles. The Labute approximate surface area is 202 Å². The van der Waals surface area contributed by atoms with Crippen molar-refractivity contribution in [1.29, 1.82) is 0 Å². The van der Waals surface area contributed by atoms with Crippen molar-refractivity contribution in [3.05, 3.63) is 54.1 Å². The number of sulfonamides is 1. The van der Waals surface area contributed by atoms with E-state index < -0.39 is 10.0 Å². The van der Waals surface area contributed by atoms with E-state index in [1.54, 1.807) is 18.2 Å². The number of piperidine rings is 1. The number of nitrogens with zero attached hydrogens (tertiary/aromatic N) is 1. The molecule has 0 radical (unpaired) electrons. The van der Waals surface area contributed by atoms with E-state index >= 15 is 0 Å². The van der Waals surface area contributed by atoms with Crippen molar-refractivity contribution < 1.29 is 22.7 Å². The van der Waals surface area contributed by atoms with Crippen molar-refractivity contribution in [2.24, 2.45) is 11.8 Å². The van der Waals surface area contributed by atoms with E-state index in [4.69, 9.17) is 9.47 Å². The van der Waals surface area contributed by atoms with Gasteiger partial charge >= 0.3 is 0 Å². The molecule has 0 spiro atoms. The molecule has 0 aliphatic carbocycles. The Morgan fingerprint density at radius 1 is 1.03 bits per heavy atom. The number of hydrogen-bond acceptors (Lipinski definition) is 5. The summed E-state index contributed by atoms with van der Waals surface area (Å²) in [6.07, 6.45) is 1.77. The number of carbonyl (C=O) groups excluding carboxylic acids is 1. The summed E-state index contributed by atoms with van der Waals surface area (Å²) >= 11 is 0. The Kier molecular flexibility index (Phi) is 7.78. The highest BCUT2D eigenvalue weighted by molar-refractivity contribution is 7.89. The Bertz CT molecular complexity index is 1080. The number of carbonyl (C=O) groups is 1. The number of ether oxygens (including phenoxy) is 2. The van der Waals surface area contributed by atoms with Gasteiger partial charge in [0.15, 0.2) is 11.5 Å². The second kappa shape index (κ2) is 10.8. The highest BCUT2D eigenvalue weighted by Gasteiger charge is 2.33. The van der Waals surface area contributed by atoms with Crippen molar-refractivity contribution in [1.82, 2.24) is 9.62 Å². The molecule has 8 heteroatoms. The minimum Gasteiger partial charge on any atom is -0.490 e. The minimum absolute atomic E-state index is 0.00853. The third-order valence-electron chi connectivity index (χ3n) is 6.71. The van der Waals surface area contributed by atoms with Gasteiger partial charge in [-0.1, -0.05) is 44.2 Å². The summed E-state index contributed by atoms with van der Waals surface area (Å²) < 4.78 is 39.2. The lowest BCUT2D eigenvalue weighted by Crippen LogP contribution is -2.43. The molecule has 184 valence electrons. The maximum Gasteiger partial charge on any atom is 0.243 e. The average Bonchev–Trinajstić information content (AvgIpc) is 3.09. The van der Waals surface area contributed by atoms with E-state index in [0.29, 0.717) is 63.1 Å². The van der Waals surface area contributed by atoms with Crippen LogP contribution >= 0.6 is 0 Å². The SMILES string of the molecule is CC(C)C(CNC(=O)C1CCN(S(=O)(=O)c2ccc3c(c2)OCCCO3)CC1)c1ccccc1. The summed E-state index contributed by atoms with van der Waals surface area (Å²) in [6, 6.07) is 15.0. The van der Waals surface area contributed by atoms with Crippen LogP contribution in [0.3, 0.4) is 0 Å². The Hall–Kier alpha value is -2.58. The lowest BCUT2D eigenvalue weighted by atomic mass is 9.88. The van der Waals surface area contributed by atoms with Gasteiger partial charge in [-0.3, -0.25) is 4.79 Å². The fourth-order valence-electron chi connectivity index (χ4n) is 4.61. The van der Waals surface area contributed by atoms with Crippen molar-refractivity contribution in [3.8, 4) is 11.5 Å². The molecule has 0 bridgehead atoms. The van der Waals surface area contributed by atoms with Crippen LogP contribution in [0.25, 0.3) is 0 Å². The summed E-state index contributed by atoms with van der Waals surface area (Å²) in [5.74, 6) is 1.50. The van der Waals surface area contributed by atoms with Gasteiger partial charge in [-0.2, -0.15) is 4.31 Å². The number of benzene rings is 2. The zero-order chi connectivity index (χ0) is 24.1. The van der Waals surface area contributed by atoms with Gasteiger partial charge in [0.25, 0.3) is 0 Å². The van der Waals surface area contributed by atoms with Crippen LogP contribution < -0.4 is 14.8 Å². The maximum absolute atomic E-state index is 13.2. The third-order valence-corrected chi connectivity index (χ3v) is 8.60. The molecule has 1 atom stereocenters. The zero-order valence-electron chi connectivity index (χ0n) is 19.9. The normalized spacial score (nSPS) is 18.3. The topological polar surface area (TPSA) is 84.9 Å². The zero-order valence-corrected chi connectivity index (χ0v) is 20.7. The predicted octanol–water partition coefficient (Wildman–Crippen LogP) is 3.80. The molecule has 2 aromatic carbocycles. The molecular formula is C26H34N2O5S. The molecule has 2 aliphatic rings. The standard InChI is InChI=1S/C26H34N2O5S/c1-19(2)23(20-7-4-3-5-8-20)18-27-26(29)21-11-13-28(14-12-21)34(30,31)22-9-10-24-25(17-22)33-16-6-15-32-24/h3-5,7-10,17,19,21,23H,6,11-16,18H2,1-2H3,(H,27,29). The van der Waals surface area contributed by atoms with E-state index in [1.807, 2.05) is 18.2 Å². The van der Waals surface area contributed by atoms with Gasteiger partial charge < -0.3 is 14.8 Å². The summed E-state index contributed by atoms with van der Waals surface area (Å²) in [5.41, 5.74) is 1.22. The van der Waals surface area contributed by atoms with Crippen LogP contribution in [0.15, 0.2) is 53.4 Å². The molecule has 1 unspecified atom stereocenters. The second-order valence-electron chi connectivity index (χ2n) is 9.34. The average molecular weight is 487 g/mol. The van der Waals surface area contributed by atoms with Crippen LogP contribution in [0, 0.1) is 11.8 Å². The summed E-state index contributed by atoms with van der Waals surface area (Å²) in [5, 5.41) is 3.12. The molecule has 1 amide bonds. The van der Waals surface area contributed by atoms with E-state index in [9.17, 15) is 13.2 Å². The number of hydrogen-bond donors (Lipinski definition) is 1. The molecule has 2 aromatic rings. The summed E-state index contributed by atoms with van der Waals surface area (Å²) in [6.45, 7) is 6.59. The molecule has 1 saturated heterocycles. The van der Waals surface area contributed by atoms with E-state index in [-0.39, 0.29) is 22.6 Å². The summed E-state index contributed by atoms with van der Waals surface area (Å²) in [7, 11) is -3.66. The van der Waals surface area contributed by atoms with E-state index in [1.165, 1.54) is 9.87 Å². The van der Waals surface area contributed by atoms with Crippen LogP contribution in [0.1, 0.15) is 44.6 Å². The van der Waals surface area contributed by atoms with Crippen molar-refractivity contribution in [3.63, 3.8) is 0 Å². The molecule has 1 N–H and O–H groups in total. The van der Waals surface area contributed by atoms with Gasteiger partial charge in [-0.05, 0) is 36.5 Å². The summed E-state index contributed by atoms with van der Waals surface area (Å²) in [4.78, 5) is 13.1. The van der Waals surface area contributed by atoms with Gasteiger partial charge in [-0.25, -0.2) is 8.42 Å². The van der Waals surface area contributed by atoms with Crippen molar-refractivity contribution in [2.45, 2.75) is 43.9 Å². The Balaban J connectivity index is 1.34. The van der Waals surface area contributed by atoms with E-state index in [0.717, 1.165) is 6.42 Å². The van der Waals surface area contributed by atoms with Crippen LogP contribution in [-0.2, 0) is 14.8 Å². The highest BCUT2D eigenvalue weighted by Crippen LogP contribution is 2.34. The van der Waals surface area contributed by atoms with Gasteiger partial charge in [-0.15, -0.1) is 0 Å². The molecule has 7 nitrogen and oxygen atoms in total. The number of amides is 1. The Morgan fingerprint density at radius 3 is 2.38 bits per heavy atom. The molecule has 0 aromatic heterocycles. The lowest BCUT2D eigenvalue weighted by molar-refractivity contribution is -0.126. The fraction of sp³-hybridized carbons (Fsp3) is 0.500. The second-order valence-corrected chi connectivity index (χ2v) is 11.3. The minimum atomic E-state index is -3.66. The first-order valence-electron chi connectivity index (χ1n) is 12.1. The fourth-order valence-corrected chi connectivity index (χ4v) is 6.09. The van der Waals surface area contributed by atoms with Crippen LogP contribution in [0.4, 0.5) is 0 Å². The predicted molar refractivity (Wildman–Crippen MR) is 131 cm³/mol. The number of fused-ring (bicyclic) bond motifs is 1. The van der Waals surface area contributed by atoms with Crippen LogP contribution in [-0.4, -0.2) is 51.5 Å². The molecule has 2 aliphatic heterocycles. The quantitative estimate of drug-likeness (QED) is 0.643. The smallest absolute Gasteiger partial charge is 0.243 e. The number of rotatable bonds is 7. The van der Waals surface area contributed by atoms with Gasteiger partial charge in [0.05, 0.1) is 18.1 Å². The van der Waals surface area contributed by atoms with Crippen LogP contribution in [0.2, 0.25) is 0 Å². The molecule has 34 heavy (non-hydrogen) atoms. The van der Waals surface area contributed by atoms with Gasteiger partial charge in [0.1, 0.15) is 0 Å². The first-order valence-corrected chi connectivity index (χ1v) is 13.5. The largest absolute Gasteiger partial charge is 0.490 e. The Morgan fingerprint density at radius 2 is 1.71 bits per heavy atom. The van der Waals surface area contributed by atoms with Crippen molar-refractivity contribution >= 4 is 15.9 Å². The third kappa shape index (κ3) is 5.55. The molecule has 4 rings (SSSR count). The van der Waals surface area contributed by atoms with Gasteiger partial charge in [0.2, 0.25) is 15.9 Å². The molecule has 2 heterocycles. The monoisotopic (exact) mass is 486 g/mol. The number of nitrogens with one attached hydrogen (secondary N) is 1. The lowest BCUT2D eigenvalue weighted by Gasteiger charge is -2.31. The van der Waals surface area contributed by atoms with Crippen LogP contribution in [0.5, 0.6) is 11.5 Å². The van der Waals surface area contributed by atoms with Crippen molar-refractivity contribution in [2.75, 3.05) is 32.8 Å². The molecular weight excluding hydrogens is 452 g/mol. The first kappa shape index (κ1) is 24.5.